The van der Waals surface area contributed by atoms with Crippen LogP contribution < -0.4 is 5.32 Å². The van der Waals surface area contributed by atoms with Crippen LogP contribution in [0.1, 0.15) is 57.4 Å². The summed E-state index contributed by atoms with van der Waals surface area (Å²) >= 11 is 0. The SMILES string of the molecule is CCOC(=O)c1ccccc1NC(=O)c1cc(C(=O)N2CCCCC2)ccn1. The number of benzene rings is 1. The first-order chi connectivity index (χ1) is 13.6. The summed E-state index contributed by atoms with van der Waals surface area (Å²) in [6, 6.07) is 9.70. The Balaban J connectivity index is 1.77. The zero-order valence-electron chi connectivity index (χ0n) is 15.8. The number of hydrogen-bond donors (Lipinski definition) is 1. The van der Waals surface area contributed by atoms with Crippen molar-refractivity contribution < 1.29 is 19.1 Å². The van der Waals surface area contributed by atoms with Crippen LogP contribution >= 0.6 is 0 Å². The van der Waals surface area contributed by atoms with Gasteiger partial charge in [-0.2, -0.15) is 0 Å². The highest BCUT2D eigenvalue weighted by molar-refractivity contribution is 6.08. The maximum atomic E-state index is 12.7. The number of piperidine rings is 1. The van der Waals surface area contributed by atoms with E-state index in [1.165, 1.54) is 12.3 Å². The van der Waals surface area contributed by atoms with Crippen LogP contribution in [-0.4, -0.2) is 47.4 Å². The Kier molecular flexibility index (Phi) is 6.37. The highest BCUT2D eigenvalue weighted by atomic mass is 16.5. The molecule has 3 rings (SSSR count). The van der Waals surface area contributed by atoms with E-state index < -0.39 is 11.9 Å². The maximum Gasteiger partial charge on any atom is 0.340 e. The van der Waals surface area contributed by atoms with E-state index in [1.54, 1.807) is 42.2 Å². The first kappa shape index (κ1) is 19.5. The van der Waals surface area contributed by atoms with Crippen LogP contribution in [0.15, 0.2) is 42.6 Å². The predicted molar refractivity (Wildman–Crippen MR) is 104 cm³/mol. The molecule has 1 N–H and O–H groups in total. The van der Waals surface area contributed by atoms with E-state index >= 15 is 0 Å². The number of carbonyl (C=O) groups excluding carboxylic acids is 3. The van der Waals surface area contributed by atoms with Crippen LogP contribution in [0.4, 0.5) is 5.69 Å². The fourth-order valence-electron chi connectivity index (χ4n) is 3.13. The Morgan fingerprint density at radius 1 is 1.11 bits per heavy atom. The second kappa shape index (κ2) is 9.12. The summed E-state index contributed by atoms with van der Waals surface area (Å²) < 4.78 is 5.02. The van der Waals surface area contributed by atoms with E-state index in [0.717, 1.165) is 32.4 Å². The molecule has 0 spiro atoms. The van der Waals surface area contributed by atoms with Crippen molar-refractivity contribution in [2.24, 2.45) is 0 Å². The van der Waals surface area contributed by atoms with E-state index in [2.05, 4.69) is 10.3 Å². The molecule has 1 aromatic carbocycles. The molecule has 2 aromatic rings. The van der Waals surface area contributed by atoms with Crippen molar-refractivity contribution in [1.82, 2.24) is 9.88 Å². The van der Waals surface area contributed by atoms with Gasteiger partial charge in [0.25, 0.3) is 11.8 Å². The molecule has 28 heavy (non-hydrogen) atoms. The molecule has 2 amide bonds. The smallest absolute Gasteiger partial charge is 0.340 e. The Labute approximate surface area is 163 Å². The average molecular weight is 381 g/mol. The van der Waals surface area contributed by atoms with E-state index in [0.29, 0.717) is 11.3 Å². The summed E-state index contributed by atoms with van der Waals surface area (Å²) in [6.45, 7) is 3.42. The van der Waals surface area contributed by atoms with Gasteiger partial charge < -0.3 is 15.0 Å². The van der Waals surface area contributed by atoms with Crippen LogP contribution in [0.5, 0.6) is 0 Å². The summed E-state index contributed by atoms with van der Waals surface area (Å²) in [5.41, 5.74) is 1.14. The number of nitrogens with zero attached hydrogens (tertiary/aromatic N) is 2. The summed E-state index contributed by atoms with van der Waals surface area (Å²) in [6.07, 6.45) is 4.57. The minimum atomic E-state index is -0.514. The van der Waals surface area contributed by atoms with Crippen molar-refractivity contribution >= 4 is 23.5 Å². The Morgan fingerprint density at radius 3 is 2.61 bits per heavy atom. The number of carbonyl (C=O) groups is 3. The van der Waals surface area contributed by atoms with Crippen LogP contribution in [0.25, 0.3) is 0 Å². The number of hydrogen-bond acceptors (Lipinski definition) is 5. The van der Waals surface area contributed by atoms with Crippen molar-refractivity contribution in [3.8, 4) is 0 Å². The highest BCUT2D eigenvalue weighted by Gasteiger charge is 2.20. The Hall–Kier alpha value is -3.22. The lowest BCUT2D eigenvalue weighted by molar-refractivity contribution is 0.0527. The van der Waals surface area contributed by atoms with Gasteiger partial charge in [-0.05, 0) is 50.5 Å². The minimum absolute atomic E-state index is 0.0944. The molecular weight excluding hydrogens is 358 g/mol. The molecule has 1 aliphatic rings. The molecule has 1 aliphatic heterocycles. The summed E-state index contributed by atoms with van der Waals surface area (Å²) in [5.74, 6) is -1.10. The molecule has 1 saturated heterocycles. The molecular formula is C21H23N3O4. The van der Waals surface area contributed by atoms with Gasteiger partial charge in [-0.1, -0.05) is 12.1 Å². The number of para-hydroxylation sites is 1. The molecule has 0 aliphatic carbocycles. The summed E-state index contributed by atoms with van der Waals surface area (Å²) in [7, 11) is 0. The second-order valence-corrected chi connectivity index (χ2v) is 6.50. The lowest BCUT2D eigenvalue weighted by Gasteiger charge is -2.26. The molecule has 0 bridgehead atoms. The summed E-state index contributed by atoms with van der Waals surface area (Å²) in [5, 5.41) is 2.68. The van der Waals surface area contributed by atoms with Gasteiger partial charge in [0.2, 0.25) is 0 Å². The number of nitrogens with one attached hydrogen (secondary N) is 1. The molecule has 2 heterocycles. The van der Waals surface area contributed by atoms with Gasteiger partial charge in [-0.3, -0.25) is 14.6 Å². The number of likely N-dealkylation sites (tertiary alicyclic amines) is 1. The second-order valence-electron chi connectivity index (χ2n) is 6.50. The van der Waals surface area contributed by atoms with Gasteiger partial charge in [0.05, 0.1) is 17.9 Å². The number of anilines is 1. The molecule has 1 aromatic heterocycles. The van der Waals surface area contributed by atoms with Gasteiger partial charge >= 0.3 is 5.97 Å². The van der Waals surface area contributed by atoms with Crippen LogP contribution in [-0.2, 0) is 4.74 Å². The van der Waals surface area contributed by atoms with Crippen LogP contribution in [0.2, 0.25) is 0 Å². The van der Waals surface area contributed by atoms with E-state index in [9.17, 15) is 14.4 Å². The topological polar surface area (TPSA) is 88.6 Å². The van der Waals surface area contributed by atoms with Gasteiger partial charge in [0.15, 0.2) is 0 Å². The van der Waals surface area contributed by atoms with Crippen molar-refractivity contribution in [1.29, 1.82) is 0 Å². The van der Waals surface area contributed by atoms with E-state index in [-0.39, 0.29) is 23.8 Å². The monoisotopic (exact) mass is 381 g/mol. The predicted octanol–water partition coefficient (Wildman–Crippen LogP) is 3.14. The van der Waals surface area contributed by atoms with Crippen molar-refractivity contribution in [3.05, 3.63) is 59.4 Å². The van der Waals surface area contributed by atoms with Crippen LogP contribution in [0, 0.1) is 0 Å². The standard InChI is InChI=1S/C21H23N3O4/c1-2-28-21(27)16-8-4-5-9-17(16)23-19(25)18-14-15(10-11-22-18)20(26)24-12-6-3-7-13-24/h4-5,8-11,14H,2-3,6-7,12-13H2,1H3,(H,23,25). The number of pyridine rings is 1. The zero-order valence-corrected chi connectivity index (χ0v) is 15.8. The van der Waals surface area contributed by atoms with E-state index in [4.69, 9.17) is 4.74 Å². The third-order valence-corrected chi connectivity index (χ3v) is 4.55. The Bertz CT molecular complexity index is 875. The van der Waals surface area contributed by atoms with Gasteiger partial charge in [0, 0.05) is 24.8 Å². The van der Waals surface area contributed by atoms with Gasteiger partial charge in [-0.25, -0.2) is 4.79 Å². The third-order valence-electron chi connectivity index (χ3n) is 4.55. The Morgan fingerprint density at radius 2 is 1.86 bits per heavy atom. The molecule has 1 fully saturated rings. The van der Waals surface area contributed by atoms with Crippen molar-refractivity contribution in [3.63, 3.8) is 0 Å². The molecule has 7 heteroatoms. The first-order valence-electron chi connectivity index (χ1n) is 9.43. The van der Waals surface area contributed by atoms with Crippen molar-refractivity contribution in [2.75, 3.05) is 25.0 Å². The number of ether oxygens (including phenoxy) is 1. The maximum absolute atomic E-state index is 12.7. The molecule has 0 unspecified atom stereocenters. The number of amides is 2. The van der Waals surface area contributed by atoms with Gasteiger partial charge in [-0.15, -0.1) is 0 Å². The number of rotatable bonds is 5. The molecule has 146 valence electrons. The fraction of sp³-hybridized carbons (Fsp3) is 0.333. The summed E-state index contributed by atoms with van der Waals surface area (Å²) in [4.78, 5) is 43.2. The quantitative estimate of drug-likeness (QED) is 0.804. The van der Waals surface area contributed by atoms with Gasteiger partial charge in [0.1, 0.15) is 5.69 Å². The third kappa shape index (κ3) is 4.54. The highest BCUT2D eigenvalue weighted by Crippen LogP contribution is 2.18. The number of aromatic nitrogens is 1. The zero-order chi connectivity index (χ0) is 19.9. The molecule has 0 radical (unpaired) electrons. The van der Waals surface area contributed by atoms with Crippen molar-refractivity contribution in [2.45, 2.75) is 26.2 Å². The first-order valence-corrected chi connectivity index (χ1v) is 9.43. The molecule has 0 saturated carbocycles. The normalized spacial score (nSPS) is 13.7. The molecule has 0 atom stereocenters. The number of esters is 1. The molecule has 7 nitrogen and oxygen atoms in total. The minimum Gasteiger partial charge on any atom is -0.462 e. The fourth-order valence-corrected chi connectivity index (χ4v) is 3.13. The lowest BCUT2D eigenvalue weighted by atomic mass is 10.1. The van der Waals surface area contributed by atoms with E-state index in [1.807, 2.05) is 0 Å². The average Bonchev–Trinajstić information content (AvgIpc) is 2.74. The van der Waals surface area contributed by atoms with Crippen LogP contribution in [0.3, 0.4) is 0 Å². The lowest BCUT2D eigenvalue weighted by Crippen LogP contribution is -2.35. The largest absolute Gasteiger partial charge is 0.462 e.